The van der Waals surface area contributed by atoms with Crippen molar-refractivity contribution < 1.29 is 9.59 Å². The van der Waals surface area contributed by atoms with Crippen LogP contribution >= 0.6 is 22.6 Å². The number of amides is 1. The Hall–Kier alpha value is -2.39. The van der Waals surface area contributed by atoms with E-state index in [4.69, 9.17) is 0 Å². The molecule has 0 saturated heterocycles. The van der Waals surface area contributed by atoms with Crippen LogP contribution in [0.4, 0.5) is 0 Å². The number of Topliss-reactive ketones (excluding diaryl/α,β-unsaturated/α-hetero) is 1. The Morgan fingerprint density at radius 1 is 1.00 bits per heavy atom. The molecule has 1 heterocycles. The number of unbranched alkanes of at least 4 members (excludes halogenated alkanes) is 1. The van der Waals surface area contributed by atoms with Crippen LogP contribution < -0.4 is 16.4 Å². The second-order valence-electron chi connectivity index (χ2n) is 8.73. The van der Waals surface area contributed by atoms with E-state index < -0.39 is 6.04 Å². The molecular formula is C26H33IN4O2. The van der Waals surface area contributed by atoms with E-state index in [1.165, 1.54) is 0 Å². The highest BCUT2D eigenvalue weighted by atomic mass is 127. The molecule has 0 radical (unpaired) electrons. The fourth-order valence-electron chi connectivity index (χ4n) is 4.25. The molecule has 2 aromatic rings. The molecular weight excluding hydrogens is 527 g/mol. The first-order valence-electron chi connectivity index (χ1n) is 11.5. The van der Waals surface area contributed by atoms with Gasteiger partial charge in [-0.2, -0.15) is 0 Å². The number of hydrazine groups is 2. The molecule has 0 unspecified atom stereocenters. The largest absolute Gasteiger partial charge is 0.328 e. The molecule has 7 heteroatoms. The van der Waals surface area contributed by atoms with Crippen molar-refractivity contribution in [1.82, 2.24) is 21.3 Å². The van der Waals surface area contributed by atoms with E-state index in [9.17, 15) is 9.59 Å². The van der Waals surface area contributed by atoms with E-state index in [1.807, 2.05) is 26.0 Å². The third-order valence-corrected chi connectivity index (χ3v) is 6.65. The van der Waals surface area contributed by atoms with Gasteiger partial charge in [-0.1, -0.05) is 75.7 Å². The zero-order chi connectivity index (χ0) is 24.0. The molecule has 1 atom stereocenters. The van der Waals surface area contributed by atoms with Gasteiger partial charge in [-0.3, -0.25) is 15.0 Å². The first-order valence-corrected chi connectivity index (χ1v) is 12.6. The molecule has 0 bridgehead atoms. The summed E-state index contributed by atoms with van der Waals surface area (Å²) in [6.07, 6.45) is 2.26. The molecule has 0 aromatic heterocycles. The maximum atomic E-state index is 13.0. The Kier molecular flexibility index (Phi) is 8.91. The maximum absolute atomic E-state index is 13.0. The zero-order valence-corrected chi connectivity index (χ0v) is 21.9. The molecule has 0 aliphatic carbocycles. The number of benzene rings is 2. The van der Waals surface area contributed by atoms with E-state index in [0.717, 1.165) is 44.5 Å². The van der Waals surface area contributed by atoms with Gasteiger partial charge in [0.15, 0.2) is 5.78 Å². The van der Waals surface area contributed by atoms with Crippen molar-refractivity contribution in [2.24, 2.45) is 5.92 Å². The summed E-state index contributed by atoms with van der Waals surface area (Å²) < 4.78 is 1.00. The van der Waals surface area contributed by atoms with Gasteiger partial charge in [0.2, 0.25) is 5.91 Å². The van der Waals surface area contributed by atoms with Gasteiger partial charge in [-0.15, -0.1) is 5.53 Å². The average molecular weight is 560 g/mol. The minimum atomic E-state index is -0.405. The van der Waals surface area contributed by atoms with Crippen molar-refractivity contribution in [3.63, 3.8) is 0 Å². The van der Waals surface area contributed by atoms with Gasteiger partial charge in [-0.25, -0.2) is 0 Å². The highest BCUT2D eigenvalue weighted by molar-refractivity contribution is 14.1. The molecule has 176 valence electrons. The van der Waals surface area contributed by atoms with Crippen LogP contribution in [0.2, 0.25) is 0 Å². The van der Waals surface area contributed by atoms with Gasteiger partial charge in [0.25, 0.3) is 0 Å². The number of ketones is 1. The molecule has 2 aromatic carbocycles. The molecule has 1 aliphatic heterocycles. The minimum Gasteiger partial charge on any atom is -0.328 e. The van der Waals surface area contributed by atoms with Gasteiger partial charge in [-0.05, 0) is 58.5 Å². The van der Waals surface area contributed by atoms with Crippen LogP contribution in [0.25, 0.3) is 16.8 Å². The number of hydrogen-bond donors (Lipinski definition) is 3. The van der Waals surface area contributed by atoms with E-state index in [2.05, 4.69) is 82.3 Å². The van der Waals surface area contributed by atoms with Crippen molar-refractivity contribution in [2.75, 3.05) is 0 Å². The number of carbonyl (C=O) groups excluding carboxylic acids is 2. The summed E-state index contributed by atoms with van der Waals surface area (Å²) in [5.41, 5.74) is 14.5. The highest BCUT2D eigenvalue weighted by Gasteiger charge is 2.29. The number of nitrogens with zero attached hydrogens (tertiary/aromatic N) is 1. The number of carbonyl (C=O) groups is 2. The van der Waals surface area contributed by atoms with Crippen LogP contribution in [0, 0.1) is 5.92 Å². The summed E-state index contributed by atoms with van der Waals surface area (Å²) in [5.74, 6) is 0.152. The Balaban J connectivity index is 1.88. The van der Waals surface area contributed by atoms with Crippen molar-refractivity contribution in [3.05, 3.63) is 63.4 Å². The maximum Gasteiger partial charge on any atom is 0.223 e. The molecule has 1 amide bonds. The third kappa shape index (κ3) is 6.14. The Bertz CT molecular complexity index is 1020. The smallest absolute Gasteiger partial charge is 0.223 e. The van der Waals surface area contributed by atoms with Crippen molar-refractivity contribution >= 4 is 40.0 Å². The van der Waals surface area contributed by atoms with E-state index in [-0.39, 0.29) is 17.6 Å². The van der Waals surface area contributed by atoms with Crippen LogP contribution in [0.5, 0.6) is 0 Å². The van der Waals surface area contributed by atoms with Gasteiger partial charge in [0, 0.05) is 18.5 Å². The summed E-state index contributed by atoms with van der Waals surface area (Å²) in [4.78, 5) is 27.2. The van der Waals surface area contributed by atoms with Gasteiger partial charge in [0.05, 0.1) is 11.7 Å². The monoisotopic (exact) mass is 560 g/mol. The van der Waals surface area contributed by atoms with Crippen molar-refractivity contribution in [3.8, 4) is 11.1 Å². The van der Waals surface area contributed by atoms with Crippen LogP contribution in [0.1, 0.15) is 58.1 Å². The predicted octanol–water partition coefficient (Wildman–Crippen LogP) is 5.16. The number of halogens is 1. The lowest BCUT2D eigenvalue weighted by atomic mass is 9.95. The normalized spacial score (nSPS) is 14.1. The summed E-state index contributed by atoms with van der Waals surface area (Å²) in [6, 6.07) is 16.1. The van der Waals surface area contributed by atoms with E-state index >= 15 is 0 Å². The Morgan fingerprint density at radius 3 is 2.21 bits per heavy atom. The van der Waals surface area contributed by atoms with Gasteiger partial charge < -0.3 is 10.3 Å². The predicted molar refractivity (Wildman–Crippen MR) is 142 cm³/mol. The summed E-state index contributed by atoms with van der Waals surface area (Å²) >= 11 is 2.26. The second-order valence-corrected chi connectivity index (χ2v) is 9.81. The van der Waals surface area contributed by atoms with Gasteiger partial charge >= 0.3 is 0 Å². The lowest BCUT2D eigenvalue weighted by Gasteiger charge is -2.33. The summed E-state index contributed by atoms with van der Waals surface area (Å²) in [5, 5.41) is 0. The molecule has 3 rings (SSSR count). The van der Waals surface area contributed by atoms with Crippen LogP contribution in [-0.4, -0.2) is 22.6 Å². The van der Waals surface area contributed by atoms with Crippen molar-refractivity contribution in [2.45, 2.75) is 59.5 Å². The number of nitrogens with one attached hydrogen (secondary N) is 3. The molecule has 1 aliphatic rings. The topological polar surface area (TPSA) is 73.5 Å². The highest BCUT2D eigenvalue weighted by Crippen LogP contribution is 2.31. The van der Waals surface area contributed by atoms with Crippen LogP contribution in [0.3, 0.4) is 0 Å². The van der Waals surface area contributed by atoms with Crippen molar-refractivity contribution in [1.29, 1.82) is 0 Å². The first-order chi connectivity index (χ1) is 15.8. The molecule has 0 fully saturated rings. The number of hydrogen-bond acceptors (Lipinski definition) is 5. The SMILES string of the molecule is CCCCC(=O)N(Cc1ccc(-c2ccccc2C2=C(I)NNN2)cc1)[C@H](C(C)=O)C(C)C. The third-order valence-electron chi connectivity index (χ3n) is 5.84. The fourth-order valence-corrected chi connectivity index (χ4v) is 4.81. The quantitative estimate of drug-likeness (QED) is 0.277. The zero-order valence-electron chi connectivity index (χ0n) is 19.7. The Morgan fingerprint density at radius 2 is 1.67 bits per heavy atom. The summed E-state index contributed by atoms with van der Waals surface area (Å²) in [7, 11) is 0. The van der Waals surface area contributed by atoms with E-state index in [1.54, 1.807) is 11.8 Å². The molecule has 6 nitrogen and oxygen atoms in total. The summed E-state index contributed by atoms with van der Waals surface area (Å²) in [6.45, 7) is 8.10. The van der Waals surface area contributed by atoms with Crippen LogP contribution in [-0.2, 0) is 16.1 Å². The molecule has 3 N–H and O–H groups in total. The van der Waals surface area contributed by atoms with E-state index in [0.29, 0.717) is 13.0 Å². The standard InChI is InChI=1S/C26H33IN4O2/c1-5-6-11-23(33)31(25(17(2)3)18(4)32)16-19-12-14-20(15-13-19)21-9-7-8-10-22(21)24-26(27)29-30-28-24/h7-10,12-15,17,25,28-30H,5-6,11,16H2,1-4H3/t25-/m0/s1. The minimum absolute atomic E-state index is 0.0366. The first kappa shape index (κ1) is 25.2. The fraction of sp³-hybridized carbons (Fsp3) is 0.385. The van der Waals surface area contributed by atoms with Crippen LogP contribution in [0.15, 0.2) is 52.2 Å². The average Bonchev–Trinajstić information content (AvgIpc) is 3.22. The molecule has 33 heavy (non-hydrogen) atoms. The molecule has 0 saturated carbocycles. The molecule has 0 spiro atoms. The second kappa shape index (κ2) is 11.7. The Labute approximate surface area is 210 Å². The lowest BCUT2D eigenvalue weighted by molar-refractivity contribution is -0.141. The lowest BCUT2D eigenvalue weighted by Crippen LogP contribution is -2.46. The van der Waals surface area contributed by atoms with Gasteiger partial charge in [0.1, 0.15) is 3.70 Å². The number of rotatable bonds is 10.